The number of carbonyl (C=O) groups is 2. The largest absolute Gasteiger partial charge is 0.379 e. The van der Waals surface area contributed by atoms with Gasteiger partial charge in [-0.3, -0.25) is 19.4 Å². The van der Waals surface area contributed by atoms with Crippen LogP contribution in [-0.2, 0) is 9.53 Å². The average Bonchev–Trinajstić information content (AvgIpc) is 3.51. The number of nitrogens with zero attached hydrogens (tertiary/aromatic N) is 3. The summed E-state index contributed by atoms with van der Waals surface area (Å²) in [7, 11) is 0. The predicted octanol–water partition coefficient (Wildman–Crippen LogP) is 3.76. The molecule has 9 nitrogen and oxygen atoms in total. The second kappa shape index (κ2) is 12.0. The van der Waals surface area contributed by atoms with Crippen molar-refractivity contribution in [3.8, 4) is 0 Å². The topological polar surface area (TPSA) is 92.9 Å². The van der Waals surface area contributed by atoms with E-state index in [2.05, 4.69) is 32.3 Å². The fourth-order valence-electron chi connectivity index (χ4n) is 7.57. The van der Waals surface area contributed by atoms with E-state index >= 15 is 0 Å². The maximum absolute atomic E-state index is 14.6. The van der Waals surface area contributed by atoms with Crippen LogP contribution >= 0.6 is 0 Å². The molecule has 2 saturated heterocycles. The SMILES string of the molecule is Cc1c(/C=C2\C(=O)N(c3ccccc3)c3ccccc32)[nH]c2c1C(=O)N(CCN1CCOCC1)C1(CCNCCNC1)C2C. The molecule has 2 aromatic carbocycles. The van der Waals surface area contributed by atoms with Crippen LogP contribution in [0.3, 0.4) is 0 Å². The van der Waals surface area contributed by atoms with Gasteiger partial charge in [-0.2, -0.15) is 0 Å². The van der Waals surface area contributed by atoms with Gasteiger partial charge in [0.05, 0.1) is 35.6 Å². The molecule has 44 heavy (non-hydrogen) atoms. The van der Waals surface area contributed by atoms with E-state index in [4.69, 9.17) is 4.74 Å². The van der Waals surface area contributed by atoms with E-state index in [1.54, 1.807) is 4.90 Å². The van der Waals surface area contributed by atoms with Crippen molar-refractivity contribution in [1.82, 2.24) is 25.4 Å². The fourth-order valence-corrected chi connectivity index (χ4v) is 7.57. The molecule has 7 rings (SSSR count). The van der Waals surface area contributed by atoms with E-state index in [1.807, 2.05) is 67.6 Å². The van der Waals surface area contributed by atoms with Crippen LogP contribution in [0.5, 0.6) is 0 Å². The van der Waals surface area contributed by atoms with Gasteiger partial charge in [0.25, 0.3) is 11.8 Å². The minimum absolute atomic E-state index is 0.0670. The molecular weight excluding hydrogens is 552 g/mol. The zero-order chi connectivity index (χ0) is 30.3. The van der Waals surface area contributed by atoms with E-state index < -0.39 is 0 Å². The van der Waals surface area contributed by atoms with Gasteiger partial charge >= 0.3 is 0 Å². The summed E-state index contributed by atoms with van der Waals surface area (Å²) in [4.78, 5) is 38.6. The third-order valence-electron chi connectivity index (χ3n) is 10.1. The molecule has 3 aromatic rings. The molecule has 2 unspecified atom stereocenters. The van der Waals surface area contributed by atoms with Crippen molar-refractivity contribution < 1.29 is 14.3 Å². The molecule has 9 heteroatoms. The highest BCUT2D eigenvalue weighted by atomic mass is 16.5. The van der Waals surface area contributed by atoms with Crippen LogP contribution in [0.4, 0.5) is 11.4 Å². The number of aromatic nitrogens is 1. The average molecular weight is 595 g/mol. The quantitative estimate of drug-likeness (QED) is 0.390. The summed E-state index contributed by atoms with van der Waals surface area (Å²) in [5.41, 5.74) is 6.31. The van der Waals surface area contributed by atoms with E-state index in [9.17, 15) is 9.59 Å². The van der Waals surface area contributed by atoms with Gasteiger partial charge in [0.15, 0.2) is 0 Å². The van der Waals surface area contributed by atoms with Gasteiger partial charge in [-0.05, 0) is 49.7 Å². The van der Waals surface area contributed by atoms with Crippen LogP contribution in [0.25, 0.3) is 11.6 Å². The zero-order valence-electron chi connectivity index (χ0n) is 25.7. The summed E-state index contributed by atoms with van der Waals surface area (Å²) >= 11 is 0. The number of aromatic amines is 1. The third kappa shape index (κ3) is 4.88. The second-order valence-corrected chi connectivity index (χ2v) is 12.4. The molecule has 3 N–H and O–H groups in total. The van der Waals surface area contributed by atoms with Crippen LogP contribution in [0.15, 0.2) is 54.6 Å². The Morgan fingerprint density at radius 1 is 0.932 bits per heavy atom. The summed E-state index contributed by atoms with van der Waals surface area (Å²) in [6.07, 6.45) is 2.82. The van der Waals surface area contributed by atoms with E-state index in [0.717, 1.165) is 105 Å². The number of ether oxygens (including phenoxy) is 1. The monoisotopic (exact) mass is 594 g/mol. The summed E-state index contributed by atoms with van der Waals surface area (Å²) in [6, 6.07) is 17.7. The molecule has 0 bridgehead atoms. The minimum Gasteiger partial charge on any atom is -0.379 e. The Morgan fingerprint density at radius 2 is 1.68 bits per heavy atom. The molecule has 1 aromatic heterocycles. The van der Waals surface area contributed by atoms with Crippen LogP contribution in [0.2, 0.25) is 0 Å². The molecule has 2 amide bonds. The van der Waals surface area contributed by atoms with Crippen LogP contribution in [0, 0.1) is 6.92 Å². The van der Waals surface area contributed by atoms with Crippen molar-refractivity contribution in [2.75, 3.05) is 70.5 Å². The number of anilines is 2. The molecule has 4 aliphatic heterocycles. The number of benzene rings is 2. The highest BCUT2D eigenvalue weighted by molar-refractivity contribution is 6.38. The number of H-pyrrole nitrogens is 1. The van der Waals surface area contributed by atoms with Gasteiger partial charge < -0.3 is 25.3 Å². The third-order valence-corrected chi connectivity index (χ3v) is 10.1. The smallest absolute Gasteiger partial charge is 0.263 e. The highest BCUT2D eigenvalue weighted by Gasteiger charge is 2.51. The number of hydrogen-bond acceptors (Lipinski definition) is 6. The molecule has 0 radical (unpaired) electrons. The Hall–Kier alpha value is -3.76. The molecule has 0 aliphatic carbocycles. The van der Waals surface area contributed by atoms with Crippen molar-refractivity contribution in [3.05, 3.63) is 82.7 Å². The molecule has 230 valence electrons. The first-order valence-electron chi connectivity index (χ1n) is 16.0. The Morgan fingerprint density at radius 3 is 2.50 bits per heavy atom. The number of morpholine rings is 1. The summed E-state index contributed by atoms with van der Waals surface area (Å²) in [5.74, 6) is 0.0874. The first-order valence-corrected chi connectivity index (χ1v) is 16.0. The molecule has 5 heterocycles. The van der Waals surface area contributed by atoms with Gasteiger partial charge in [0.2, 0.25) is 0 Å². The van der Waals surface area contributed by atoms with E-state index in [-0.39, 0.29) is 23.3 Å². The molecule has 1 spiro atoms. The Bertz CT molecular complexity index is 1570. The lowest BCUT2D eigenvalue weighted by molar-refractivity contribution is -0.112. The zero-order valence-corrected chi connectivity index (χ0v) is 25.7. The number of carbonyl (C=O) groups excluding carboxylic acids is 2. The minimum atomic E-state index is -0.370. The van der Waals surface area contributed by atoms with Gasteiger partial charge in [0, 0.05) is 74.4 Å². The number of rotatable bonds is 5. The lowest BCUT2D eigenvalue weighted by atomic mass is 9.73. The first kappa shape index (κ1) is 29.0. The van der Waals surface area contributed by atoms with Crippen LogP contribution in [-0.4, -0.2) is 97.7 Å². The second-order valence-electron chi connectivity index (χ2n) is 12.4. The first-order chi connectivity index (χ1) is 21.5. The van der Waals surface area contributed by atoms with Crippen LogP contribution < -0.4 is 15.5 Å². The normalized spacial score (nSPS) is 25.3. The molecule has 2 atom stereocenters. The fraction of sp³-hybridized carbons (Fsp3) is 0.429. The van der Waals surface area contributed by atoms with Crippen molar-refractivity contribution in [1.29, 1.82) is 0 Å². The number of amides is 2. The van der Waals surface area contributed by atoms with Gasteiger partial charge in [-0.1, -0.05) is 43.3 Å². The Balaban J connectivity index is 1.28. The Kier molecular flexibility index (Phi) is 7.88. The molecule has 4 aliphatic rings. The van der Waals surface area contributed by atoms with Crippen molar-refractivity contribution >= 4 is 34.8 Å². The predicted molar refractivity (Wildman–Crippen MR) is 173 cm³/mol. The van der Waals surface area contributed by atoms with E-state index in [0.29, 0.717) is 12.1 Å². The van der Waals surface area contributed by atoms with Crippen LogP contribution in [0.1, 0.15) is 52.1 Å². The van der Waals surface area contributed by atoms with Crippen molar-refractivity contribution in [3.63, 3.8) is 0 Å². The Labute approximate surface area is 259 Å². The summed E-state index contributed by atoms with van der Waals surface area (Å²) in [6.45, 7) is 12.4. The number of para-hydroxylation sites is 2. The molecule has 0 saturated carbocycles. The number of hydrogen-bond donors (Lipinski definition) is 3. The van der Waals surface area contributed by atoms with Crippen molar-refractivity contribution in [2.45, 2.75) is 31.7 Å². The number of nitrogens with one attached hydrogen (secondary N) is 3. The van der Waals surface area contributed by atoms with Gasteiger partial charge in [-0.25, -0.2) is 0 Å². The van der Waals surface area contributed by atoms with Gasteiger partial charge in [0.1, 0.15) is 0 Å². The number of fused-ring (bicyclic) bond motifs is 2. The maximum Gasteiger partial charge on any atom is 0.263 e. The summed E-state index contributed by atoms with van der Waals surface area (Å²) in [5, 5.41) is 7.20. The standard InChI is InChI=1S/C35H42N6O3/c1-24-29(22-28-27-10-6-7-11-30(27)41(33(28)42)26-8-4-3-5-9-26)38-32-25(2)35(12-13-36-14-15-37-23-35)40(34(43)31(24)32)17-16-39-18-20-44-21-19-39/h3-11,22,25,36-38H,12-21,23H2,1-2H3/b28-22-. The van der Waals surface area contributed by atoms with Gasteiger partial charge in [-0.15, -0.1) is 0 Å². The van der Waals surface area contributed by atoms with E-state index in [1.165, 1.54) is 0 Å². The highest BCUT2D eigenvalue weighted by Crippen LogP contribution is 2.46. The maximum atomic E-state index is 14.6. The van der Waals surface area contributed by atoms with Crippen molar-refractivity contribution in [2.24, 2.45) is 0 Å². The molecular formula is C35H42N6O3. The lowest BCUT2D eigenvalue weighted by Crippen LogP contribution is -2.65. The molecule has 2 fully saturated rings. The summed E-state index contributed by atoms with van der Waals surface area (Å²) < 4.78 is 5.57. The lowest BCUT2D eigenvalue weighted by Gasteiger charge is -2.52.